The van der Waals surface area contributed by atoms with Crippen LogP contribution in [0.1, 0.15) is 6.42 Å². The minimum atomic E-state index is -2.77. The number of hydrogen-bond acceptors (Lipinski definition) is 5. The van der Waals surface area contributed by atoms with Gasteiger partial charge in [0.15, 0.2) is 9.84 Å². The van der Waals surface area contributed by atoms with Gasteiger partial charge in [0.2, 0.25) is 0 Å². The molecule has 72 valence electrons. The summed E-state index contributed by atoms with van der Waals surface area (Å²) in [5.74, 6) is 5.70. The van der Waals surface area contributed by atoms with Crippen molar-refractivity contribution in [2.24, 2.45) is 5.84 Å². The molecule has 0 radical (unpaired) electrons. The van der Waals surface area contributed by atoms with Crippen LogP contribution < -0.4 is 11.3 Å². The van der Waals surface area contributed by atoms with Crippen molar-refractivity contribution in [3.63, 3.8) is 0 Å². The minimum absolute atomic E-state index is 0.131. The van der Waals surface area contributed by atoms with Crippen molar-refractivity contribution in [2.75, 3.05) is 25.2 Å². The Morgan fingerprint density at radius 1 is 1.67 bits per heavy atom. The summed E-state index contributed by atoms with van der Waals surface area (Å²) in [6, 6.07) is 0.131. The maximum absolute atomic E-state index is 11.1. The first-order valence-corrected chi connectivity index (χ1v) is 5.71. The fourth-order valence-electron chi connectivity index (χ4n) is 1.40. The highest BCUT2D eigenvalue weighted by Gasteiger charge is 2.30. The molecule has 5 nitrogen and oxygen atoms in total. The second kappa shape index (κ2) is 3.69. The van der Waals surface area contributed by atoms with Crippen molar-refractivity contribution >= 4 is 9.84 Å². The van der Waals surface area contributed by atoms with Gasteiger partial charge in [-0.05, 0) is 13.5 Å². The molecule has 1 heterocycles. The number of nitrogens with zero attached hydrogens (tertiary/aromatic N) is 1. The summed E-state index contributed by atoms with van der Waals surface area (Å²) >= 11 is 0. The number of sulfone groups is 1. The fourth-order valence-corrected chi connectivity index (χ4v) is 3.20. The first kappa shape index (κ1) is 9.91. The Morgan fingerprint density at radius 2 is 2.33 bits per heavy atom. The molecular weight excluding hydrogens is 178 g/mol. The van der Waals surface area contributed by atoms with E-state index in [0.717, 1.165) is 6.42 Å². The Labute approximate surface area is 72.8 Å². The van der Waals surface area contributed by atoms with E-state index in [1.807, 2.05) is 11.9 Å². The summed E-state index contributed by atoms with van der Waals surface area (Å²) in [4.78, 5) is 1.92. The molecule has 0 aromatic rings. The third kappa shape index (κ3) is 2.41. The van der Waals surface area contributed by atoms with Crippen LogP contribution >= 0.6 is 0 Å². The molecule has 3 N–H and O–H groups in total. The smallest absolute Gasteiger partial charge is 0.151 e. The summed E-state index contributed by atoms with van der Waals surface area (Å²) in [5, 5.41) is 0. The van der Waals surface area contributed by atoms with E-state index in [1.165, 1.54) is 0 Å². The molecule has 1 rings (SSSR count). The number of rotatable bonds is 3. The van der Waals surface area contributed by atoms with Gasteiger partial charge in [0.25, 0.3) is 0 Å². The van der Waals surface area contributed by atoms with E-state index in [-0.39, 0.29) is 11.8 Å². The van der Waals surface area contributed by atoms with Crippen LogP contribution in [-0.4, -0.2) is 44.6 Å². The predicted molar refractivity (Wildman–Crippen MR) is 47.0 cm³/mol. The Balaban J connectivity index is 2.46. The zero-order valence-corrected chi connectivity index (χ0v) is 7.97. The average molecular weight is 193 g/mol. The van der Waals surface area contributed by atoms with E-state index in [2.05, 4.69) is 5.43 Å². The van der Waals surface area contributed by atoms with Crippen LogP contribution in [0.25, 0.3) is 0 Å². The second-order valence-corrected chi connectivity index (χ2v) is 5.40. The minimum Gasteiger partial charge on any atom is -0.289 e. The third-order valence-electron chi connectivity index (χ3n) is 2.17. The zero-order valence-electron chi connectivity index (χ0n) is 7.16. The van der Waals surface area contributed by atoms with E-state index in [0.29, 0.717) is 12.4 Å². The normalized spacial score (nSPS) is 28.1. The fraction of sp³-hybridized carbons (Fsp3) is 1.00. The molecule has 0 aliphatic carbocycles. The number of nitrogens with one attached hydrogen (secondary N) is 1. The molecule has 6 heteroatoms. The molecule has 0 aromatic carbocycles. The highest BCUT2D eigenvalue weighted by atomic mass is 32.2. The molecule has 1 saturated heterocycles. The number of hydrogen-bond donors (Lipinski definition) is 2. The lowest BCUT2D eigenvalue weighted by molar-refractivity contribution is 0.243. The van der Waals surface area contributed by atoms with E-state index in [4.69, 9.17) is 5.84 Å². The van der Waals surface area contributed by atoms with E-state index >= 15 is 0 Å². The summed E-state index contributed by atoms with van der Waals surface area (Å²) in [6.07, 6.45) is 0.723. The molecule has 12 heavy (non-hydrogen) atoms. The highest BCUT2D eigenvalue weighted by Crippen LogP contribution is 2.15. The van der Waals surface area contributed by atoms with Crippen molar-refractivity contribution in [2.45, 2.75) is 12.5 Å². The van der Waals surface area contributed by atoms with Crippen LogP contribution in [0.2, 0.25) is 0 Å². The number of nitrogens with two attached hydrogens (primary N) is 1. The molecule has 1 aliphatic rings. The summed E-state index contributed by atoms with van der Waals surface area (Å²) in [6.45, 7) is 0.528. The van der Waals surface area contributed by atoms with Crippen molar-refractivity contribution in [1.29, 1.82) is 0 Å². The van der Waals surface area contributed by atoms with Gasteiger partial charge in [0, 0.05) is 6.04 Å². The monoisotopic (exact) mass is 193 g/mol. The van der Waals surface area contributed by atoms with Gasteiger partial charge in [-0.15, -0.1) is 0 Å². The van der Waals surface area contributed by atoms with Crippen LogP contribution in [-0.2, 0) is 9.84 Å². The Morgan fingerprint density at radius 3 is 2.75 bits per heavy atom. The molecule has 0 amide bonds. The van der Waals surface area contributed by atoms with E-state index < -0.39 is 9.84 Å². The first-order chi connectivity index (χ1) is 5.55. The van der Waals surface area contributed by atoms with Gasteiger partial charge in [-0.25, -0.2) is 13.8 Å². The van der Waals surface area contributed by atoms with E-state index in [9.17, 15) is 8.42 Å². The predicted octanol–water partition coefficient (Wildman–Crippen LogP) is -1.47. The van der Waals surface area contributed by atoms with Crippen LogP contribution in [0.3, 0.4) is 0 Å². The summed E-state index contributed by atoms with van der Waals surface area (Å²) in [5.41, 5.74) is 2.50. The Hall–Kier alpha value is -0.170. The van der Waals surface area contributed by atoms with E-state index in [1.54, 1.807) is 0 Å². The highest BCUT2D eigenvalue weighted by molar-refractivity contribution is 7.91. The molecular formula is C6H15N3O2S. The molecule has 0 saturated carbocycles. The van der Waals surface area contributed by atoms with Crippen molar-refractivity contribution in [1.82, 2.24) is 10.3 Å². The van der Waals surface area contributed by atoms with Gasteiger partial charge in [-0.3, -0.25) is 10.7 Å². The first-order valence-electron chi connectivity index (χ1n) is 3.89. The van der Waals surface area contributed by atoms with Crippen molar-refractivity contribution < 1.29 is 8.42 Å². The van der Waals surface area contributed by atoms with Crippen LogP contribution in [0.5, 0.6) is 0 Å². The number of hydrazine groups is 1. The SMILES string of the molecule is CN(CNN)C1CCS(=O)(=O)C1. The van der Waals surface area contributed by atoms with Crippen LogP contribution in [0.4, 0.5) is 0 Å². The standard InChI is InChI=1S/C6H15N3O2S/c1-9(5-8-7)6-2-3-12(10,11)4-6/h6,8H,2-5,7H2,1H3. The maximum atomic E-state index is 11.1. The largest absolute Gasteiger partial charge is 0.289 e. The lowest BCUT2D eigenvalue weighted by Gasteiger charge is -2.21. The molecule has 0 bridgehead atoms. The zero-order chi connectivity index (χ0) is 9.19. The average Bonchev–Trinajstić information content (AvgIpc) is 2.31. The Bertz CT molecular complexity index is 239. The van der Waals surface area contributed by atoms with Crippen molar-refractivity contribution in [3.8, 4) is 0 Å². The summed E-state index contributed by atoms with van der Waals surface area (Å²) in [7, 11) is -0.903. The molecule has 0 spiro atoms. The lowest BCUT2D eigenvalue weighted by Crippen LogP contribution is -2.42. The third-order valence-corrected chi connectivity index (χ3v) is 3.92. The second-order valence-electron chi connectivity index (χ2n) is 3.18. The lowest BCUT2D eigenvalue weighted by atomic mass is 10.2. The van der Waals surface area contributed by atoms with Gasteiger partial charge in [-0.1, -0.05) is 0 Å². The topological polar surface area (TPSA) is 75.4 Å². The molecule has 1 aliphatic heterocycles. The van der Waals surface area contributed by atoms with Crippen LogP contribution in [0, 0.1) is 0 Å². The van der Waals surface area contributed by atoms with Gasteiger partial charge in [0.1, 0.15) is 0 Å². The van der Waals surface area contributed by atoms with Gasteiger partial charge < -0.3 is 0 Å². The maximum Gasteiger partial charge on any atom is 0.151 e. The summed E-state index contributed by atoms with van der Waals surface area (Å²) < 4.78 is 22.1. The molecule has 1 unspecified atom stereocenters. The van der Waals surface area contributed by atoms with Crippen LogP contribution in [0.15, 0.2) is 0 Å². The van der Waals surface area contributed by atoms with Crippen molar-refractivity contribution in [3.05, 3.63) is 0 Å². The van der Waals surface area contributed by atoms with Gasteiger partial charge in [-0.2, -0.15) is 0 Å². The van der Waals surface area contributed by atoms with Gasteiger partial charge in [0.05, 0.1) is 18.2 Å². The molecule has 1 fully saturated rings. The molecule has 0 aromatic heterocycles. The quantitative estimate of drug-likeness (QED) is 0.325. The molecule has 1 atom stereocenters. The van der Waals surface area contributed by atoms with Gasteiger partial charge >= 0.3 is 0 Å². The Kier molecular flexibility index (Phi) is 3.05.